The zero-order valence-corrected chi connectivity index (χ0v) is 37.1. The van der Waals surface area contributed by atoms with E-state index in [1.54, 1.807) is 0 Å². The number of fused-ring (bicyclic) bond motifs is 8. The number of nitrogens with zero attached hydrogens (tertiary/aromatic N) is 2. The molecular weight excluding hydrogens is 771 g/mol. The van der Waals surface area contributed by atoms with Gasteiger partial charge in [-0.05, 0) is 132 Å². The van der Waals surface area contributed by atoms with Crippen LogP contribution in [0.3, 0.4) is 0 Å². The van der Waals surface area contributed by atoms with Crippen LogP contribution in [0.1, 0.15) is 51.3 Å². The van der Waals surface area contributed by atoms with Crippen LogP contribution < -0.4 is 26.2 Å². The van der Waals surface area contributed by atoms with Gasteiger partial charge in [0, 0.05) is 39.5 Å². The van der Waals surface area contributed by atoms with Crippen LogP contribution in [0.2, 0.25) is 0 Å². The summed E-state index contributed by atoms with van der Waals surface area (Å²) in [5.41, 5.74) is 25.1. The first kappa shape index (κ1) is 38.3. The van der Waals surface area contributed by atoms with Gasteiger partial charge in [-0.15, -0.1) is 0 Å². The molecule has 0 aromatic heterocycles. The van der Waals surface area contributed by atoms with Crippen LogP contribution in [0, 0.1) is 0 Å². The number of hydrogen-bond donors (Lipinski definition) is 0. The zero-order chi connectivity index (χ0) is 43.3. The second kappa shape index (κ2) is 14.3. The molecule has 9 aromatic rings. The number of anilines is 6. The van der Waals surface area contributed by atoms with E-state index in [1.807, 2.05) is 0 Å². The summed E-state index contributed by atoms with van der Waals surface area (Å²) in [7, 11) is 0. The van der Waals surface area contributed by atoms with Crippen molar-refractivity contribution in [1.29, 1.82) is 0 Å². The lowest BCUT2D eigenvalue weighted by atomic mass is 9.32. The molecule has 3 heteroatoms. The van der Waals surface area contributed by atoms with Crippen molar-refractivity contribution < 1.29 is 0 Å². The smallest absolute Gasteiger partial charge is 0.252 e. The fourth-order valence-corrected chi connectivity index (χ4v) is 11.0. The van der Waals surface area contributed by atoms with E-state index in [2.05, 4.69) is 251 Å². The van der Waals surface area contributed by atoms with Crippen molar-refractivity contribution in [1.82, 2.24) is 0 Å². The van der Waals surface area contributed by atoms with Crippen LogP contribution in [0.15, 0.2) is 206 Å². The molecular formula is C61H49BN2. The molecule has 3 aliphatic rings. The van der Waals surface area contributed by atoms with Gasteiger partial charge >= 0.3 is 0 Å². The van der Waals surface area contributed by atoms with Gasteiger partial charge in [0.15, 0.2) is 0 Å². The van der Waals surface area contributed by atoms with Crippen molar-refractivity contribution in [2.24, 2.45) is 0 Å². The summed E-state index contributed by atoms with van der Waals surface area (Å²) in [6.07, 6.45) is 0. The summed E-state index contributed by atoms with van der Waals surface area (Å²) in [6.45, 7) is 11.8. The molecule has 0 saturated heterocycles. The van der Waals surface area contributed by atoms with E-state index in [0.717, 1.165) is 11.4 Å². The SMILES string of the molecule is CC(C)(C)c1ccc2c(c1)N(c1ccc(-c3ccccc3)cc1)c1cc(-c3ccccc3)cc3c1B2c1c(ccc2c1-c1ccccc1C2(C)C)N3c1ccc(-c2ccccc2)cc1. The molecule has 0 amide bonds. The minimum Gasteiger partial charge on any atom is -0.311 e. The Morgan fingerprint density at radius 1 is 0.391 bits per heavy atom. The molecule has 0 bridgehead atoms. The Kier molecular flexibility index (Phi) is 8.59. The molecule has 2 heterocycles. The maximum Gasteiger partial charge on any atom is 0.252 e. The van der Waals surface area contributed by atoms with Crippen LogP contribution in [0.4, 0.5) is 34.1 Å². The third-order valence-corrected chi connectivity index (χ3v) is 14.2. The highest BCUT2D eigenvalue weighted by Gasteiger charge is 2.48. The number of hydrogen-bond acceptors (Lipinski definition) is 2. The average Bonchev–Trinajstić information content (AvgIpc) is 3.57. The summed E-state index contributed by atoms with van der Waals surface area (Å²) in [5, 5.41) is 0. The average molecular weight is 821 g/mol. The maximum atomic E-state index is 2.57. The van der Waals surface area contributed by atoms with E-state index in [9.17, 15) is 0 Å². The molecule has 9 aromatic carbocycles. The van der Waals surface area contributed by atoms with E-state index < -0.39 is 0 Å². The predicted octanol–water partition coefficient (Wildman–Crippen LogP) is 14.4. The first-order valence-corrected chi connectivity index (χ1v) is 22.7. The topological polar surface area (TPSA) is 6.48 Å². The van der Waals surface area contributed by atoms with Crippen molar-refractivity contribution in [2.75, 3.05) is 9.80 Å². The van der Waals surface area contributed by atoms with Gasteiger partial charge in [0.1, 0.15) is 0 Å². The van der Waals surface area contributed by atoms with E-state index in [0.29, 0.717) is 0 Å². The Morgan fingerprint density at radius 3 is 1.42 bits per heavy atom. The Labute approximate surface area is 378 Å². The van der Waals surface area contributed by atoms with E-state index in [-0.39, 0.29) is 17.5 Å². The monoisotopic (exact) mass is 820 g/mol. The van der Waals surface area contributed by atoms with E-state index >= 15 is 0 Å². The molecule has 0 saturated carbocycles. The van der Waals surface area contributed by atoms with Crippen molar-refractivity contribution >= 4 is 57.2 Å². The molecule has 0 unspecified atom stereocenters. The van der Waals surface area contributed by atoms with Crippen molar-refractivity contribution in [3.8, 4) is 44.5 Å². The van der Waals surface area contributed by atoms with Gasteiger partial charge in [-0.2, -0.15) is 0 Å². The van der Waals surface area contributed by atoms with Gasteiger partial charge in [0.2, 0.25) is 0 Å². The maximum absolute atomic E-state index is 2.57. The fourth-order valence-electron chi connectivity index (χ4n) is 11.0. The number of rotatable bonds is 5. The van der Waals surface area contributed by atoms with Gasteiger partial charge in [0.25, 0.3) is 6.71 Å². The molecule has 0 radical (unpaired) electrons. The Balaban J connectivity index is 1.19. The molecule has 1 aliphatic carbocycles. The third kappa shape index (κ3) is 5.87. The highest BCUT2D eigenvalue weighted by molar-refractivity contribution is 7.01. The Hall–Kier alpha value is -7.36. The van der Waals surface area contributed by atoms with Gasteiger partial charge in [-0.25, -0.2) is 0 Å². The first-order chi connectivity index (χ1) is 31.1. The molecule has 2 aliphatic heterocycles. The minimum atomic E-state index is -0.149. The molecule has 2 nitrogen and oxygen atoms in total. The lowest BCUT2D eigenvalue weighted by Crippen LogP contribution is -2.62. The first-order valence-electron chi connectivity index (χ1n) is 22.7. The molecule has 0 N–H and O–H groups in total. The normalized spacial score (nSPS) is 14.0. The second-order valence-electron chi connectivity index (χ2n) is 19.3. The van der Waals surface area contributed by atoms with Gasteiger partial charge in [-0.1, -0.05) is 192 Å². The molecule has 12 rings (SSSR count). The summed E-state index contributed by atoms with van der Waals surface area (Å²) >= 11 is 0. The summed E-state index contributed by atoms with van der Waals surface area (Å²) in [5.74, 6) is 0. The quantitative estimate of drug-likeness (QED) is 0.160. The zero-order valence-electron chi connectivity index (χ0n) is 37.1. The largest absolute Gasteiger partial charge is 0.311 e. The van der Waals surface area contributed by atoms with Crippen LogP contribution in [-0.2, 0) is 10.8 Å². The van der Waals surface area contributed by atoms with Crippen LogP contribution in [-0.4, -0.2) is 6.71 Å². The minimum absolute atomic E-state index is 0.0227. The molecule has 306 valence electrons. The van der Waals surface area contributed by atoms with Gasteiger partial charge in [-0.3, -0.25) is 0 Å². The van der Waals surface area contributed by atoms with E-state index in [1.165, 1.54) is 100 Å². The summed E-state index contributed by atoms with van der Waals surface area (Å²) < 4.78 is 0. The number of benzene rings is 9. The lowest BCUT2D eigenvalue weighted by molar-refractivity contribution is 0.590. The molecule has 0 spiro atoms. The summed E-state index contributed by atoms with van der Waals surface area (Å²) in [4.78, 5) is 5.15. The predicted molar refractivity (Wildman–Crippen MR) is 273 cm³/mol. The van der Waals surface area contributed by atoms with Crippen molar-refractivity contribution in [3.63, 3.8) is 0 Å². The highest BCUT2D eigenvalue weighted by atomic mass is 15.2. The third-order valence-electron chi connectivity index (χ3n) is 14.2. The molecule has 0 atom stereocenters. The van der Waals surface area contributed by atoms with E-state index in [4.69, 9.17) is 0 Å². The molecule has 64 heavy (non-hydrogen) atoms. The van der Waals surface area contributed by atoms with Crippen LogP contribution in [0.5, 0.6) is 0 Å². The highest BCUT2D eigenvalue weighted by Crippen LogP contribution is 2.53. The fraction of sp³-hybridized carbons (Fsp3) is 0.115. The Morgan fingerprint density at radius 2 is 0.875 bits per heavy atom. The standard InChI is InChI=1S/C61H49BN2/c1-60(2,3)46-29-35-52-54(39-46)64(48-32-27-44(28-33-48)41-19-11-7-12-20-41)56-38-45(42-21-13-8-14-22-42)37-55-58(56)62(52)59-53(36-34-51-57(59)49-23-15-16-24-50(49)61(51,4)5)63(55)47-30-25-43(26-31-47)40-17-9-6-10-18-40/h6-39H,1-5H3. The van der Waals surface area contributed by atoms with Crippen molar-refractivity contribution in [2.45, 2.75) is 45.4 Å². The molecule has 0 fully saturated rings. The van der Waals surface area contributed by atoms with Crippen LogP contribution in [0.25, 0.3) is 44.5 Å². The van der Waals surface area contributed by atoms with Crippen LogP contribution >= 0.6 is 0 Å². The second-order valence-corrected chi connectivity index (χ2v) is 19.3. The van der Waals surface area contributed by atoms with Crippen molar-refractivity contribution in [3.05, 3.63) is 223 Å². The lowest BCUT2D eigenvalue weighted by Gasteiger charge is -2.45. The Bertz CT molecular complexity index is 3260. The van der Waals surface area contributed by atoms with Gasteiger partial charge < -0.3 is 9.80 Å². The van der Waals surface area contributed by atoms with Gasteiger partial charge in [0.05, 0.1) is 0 Å². The summed E-state index contributed by atoms with van der Waals surface area (Å²) in [6, 6.07) is 77.1.